The van der Waals surface area contributed by atoms with Crippen LogP contribution in [0, 0.1) is 18.8 Å². The number of aliphatic imine (C=N–C) groups is 1. The standard InChI is InChI=1S/C26H40N6O4/c1-16(2)18-7-8-21-22(27-13-18)23(29-17(3)28-21)30-19-9-11-31(12-10-19)24(33)35-20-14-32(15-20)25(34)36-26(4,5)6/h13,16,18-20H,7-12,14-15H2,1-6H3,(H,28,29,30). The highest BCUT2D eigenvalue weighted by atomic mass is 16.6. The van der Waals surface area contributed by atoms with E-state index >= 15 is 0 Å². The van der Waals surface area contributed by atoms with E-state index in [0.29, 0.717) is 38.0 Å². The van der Waals surface area contributed by atoms with Gasteiger partial charge in [-0.15, -0.1) is 0 Å². The van der Waals surface area contributed by atoms with Crippen LogP contribution in [0.2, 0.25) is 0 Å². The van der Waals surface area contributed by atoms with Crippen LogP contribution in [0.1, 0.15) is 65.4 Å². The number of ether oxygens (including phenoxy) is 2. The molecule has 0 spiro atoms. The summed E-state index contributed by atoms with van der Waals surface area (Å²) < 4.78 is 10.9. The summed E-state index contributed by atoms with van der Waals surface area (Å²) in [4.78, 5) is 42.1. The molecule has 2 saturated heterocycles. The molecule has 0 radical (unpaired) electrons. The highest BCUT2D eigenvalue weighted by molar-refractivity contribution is 5.74. The van der Waals surface area contributed by atoms with Crippen LogP contribution in [0.5, 0.6) is 0 Å². The number of carbonyl (C=O) groups is 2. The first-order valence-electron chi connectivity index (χ1n) is 13.1. The Labute approximate surface area is 213 Å². The number of hydrogen-bond acceptors (Lipinski definition) is 8. The van der Waals surface area contributed by atoms with Crippen molar-refractivity contribution in [1.29, 1.82) is 0 Å². The molecule has 1 aromatic heterocycles. The van der Waals surface area contributed by atoms with Crippen molar-refractivity contribution in [3.8, 4) is 0 Å². The van der Waals surface area contributed by atoms with Crippen molar-refractivity contribution in [2.45, 2.75) is 85.0 Å². The molecule has 0 bridgehead atoms. The molecule has 198 valence electrons. The second-order valence-corrected chi connectivity index (χ2v) is 11.4. The van der Waals surface area contributed by atoms with Gasteiger partial charge in [0.1, 0.15) is 23.2 Å². The normalized spacial score (nSPS) is 21.0. The zero-order valence-electron chi connectivity index (χ0n) is 22.4. The van der Waals surface area contributed by atoms with Gasteiger partial charge in [-0.25, -0.2) is 19.6 Å². The summed E-state index contributed by atoms with van der Waals surface area (Å²) in [5, 5.41) is 3.58. The number of nitrogens with zero attached hydrogens (tertiary/aromatic N) is 5. The van der Waals surface area contributed by atoms with E-state index in [4.69, 9.17) is 14.5 Å². The molecule has 1 unspecified atom stereocenters. The van der Waals surface area contributed by atoms with Crippen LogP contribution in [0.3, 0.4) is 0 Å². The van der Waals surface area contributed by atoms with E-state index in [-0.39, 0.29) is 24.3 Å². The van der Waals surface area contributed by atoms with Gasteiger partial charge in [-0.05, 0) is 65.2 Å². The SMILES string of the molecule is Cc1nc2c(c(NC3CCN(C(=O)OC4CN(C(=O)OC(C)(C)C)C4)CC3)n1)N=CC(C(C)C)CC2. The van der Waals surface area contributed by atoms with Gasteiger partial charge in [0.2, 0.25) is 0 Å². The van der Waals surface area contributed by atoms with Crippen LogP contribution in [-0.2, 0) is 15.9 Å². The number of likely N-dealkylation sites (tertiary alicyclic amines) is 2. The number of aromatic nitrogens is 2. The third-order valence-corrected chi connectivity index (χ3v) is 6.90. The van der Waals surface area contributed by atoms with Crippen LogP contribution in [-0.4, -0.2) is 82.1 Å². The van der Waals surface area contributed by atoms with Gasteiger partial charge < -0.3 is 24.6 Å². The molecule has 4 rings (SSSR count). The van der Waals surface area contributed by atoms with Crippen LogP contribution in [0.25, 0.3) is 0 Å². The monoisotopic (exact) mass is 500 g/mol. The maximum atomic E-state index is 12.6. The quantitative estimate of drug-likeness (QED) is 0.655. The fraction of sp³-hybridized carbons (Fsp3) is 0.731. The fourth-order valence-electron chi connectivity index (χ4n) is 4.69. The van der Waals surface area contributed by atoms with Gasteiger partial charge in [-0.2, -0.15) is 0 Å². The van der Waals surface area contributed by atoms with Gasteiger partial charge in [0, 0.05) is 25.3 Å². The zero-order chi connectivity index (χ0) is 26.0. The Morgan fingerprint density at radius 2 is 1.75 bits per heavy atom. The largest absolute Gasteiger partial charge is 0.444 e. The van der Waals surface area contributed by atoms with Crippen molar-refractivity contribution in [2.75, 3.05) is 31.5 Å². The van der Waals surface area contributed by atoms with Crippen LogP contribution < -0.4 is 5.32 Å². The lowest BCUT2D eigenvalue weighted by Gasteiger charge is -2.40. The Hall–Kier alpha value is -2.91. The maximum Gasteiger partial charge on any atom is 0.410 e. The van der Waals surface area contributed by atoms with E-state index in [0.717, 1.165) is 48.7 Å². The van der Waals surface area contributed by atoms with E-state index in [1.54, 1.807) is 9.80 Å². The van der Waals surface area contributed by atoms with Crippen molar-refractivity contribution in [3.05, 3.63) is 11.5 Å². The average Bonchev–Trinajstić information content (AvgIpc) is 2.98. The summed E-state index contributed by atoms with van der Waals surface area (Å²) in [6.07, 6.45) is 4.60. The average molecular weight is 501 g/mol. The summed E-state index contributed by atoms with van der Waals surface area (Å²) in [6.45, 7) is 13.8. The summed E-state index contributed by atoms with van der Waals surface area (Å²) in [5.41, 5.74) is 1.32. The first kappa shape index (κ1) is 26.2. The van der Waals surface area contributed by atoms with Gasteiger partial charge in [0.05, 0.1) is 18.8 Å². The molecular weight excluding hydrogens is 460 g/mol. The van der Waals surface area contributed by atoms with E-state index in [9.17, 15) is 9.59 Å². The highest BCUT2D eigenvalue weighted by Gasteiger charge is 2.37. The Morgan fingerprint density at radius 1 is 1.06 bits per heavy atom. The lowest BCUT2D eigenvalue weighted by molar-refractivity contribution is -0.0446. The van der Waals surface area contributed by atoms with Crippen molar-refractivity contribution >= 4 is 29.9 Å². The van der Waals surface area contributed by atoms with Gasteiger partial charge in [0.25, 0.3) is 0 Å². The number of anilines is 1. The Kier molecular flexibility index (Phi) is 7.70. The highest BCUT2D eigenvalue weighted by Crippen LogP contribution is 2.33. The number of carbonyl (C=O) groups excluding carboxylic acids is 2. The fourth-order valence-corrected chi connectivity index (χ4v) is 4.69. The lowest BCUT2D eigenvalue weighted by atomic mass is 9.92. The van der Waals surface area contributed by atoms with Gasteiger partial charge in [-0.3, -0.25) is 4.99 Å². The van der Waals surface area contributed by atoms with Crippen LogP contribution >= 0.6 is 0 Å². The Balaban J connectivity index is 1.26. The molecule has 2 amide bonds. The molecule has 36 heavy (non-hydrogen) atoms. The molecule has 0 aliphatic carbocycles. The molecule has 10 nitrogen and oxygen atoms in total. The molecule has 0 aromatic carbocycles. The molecule has 0 saturated carbocycles. The van der Waals surface area contributed by atoms with Crippen molar-refractivity contribution < 1.29 is 19.1 Å². The van der Waals surface area contributed by atoms with E-state index < -0.39 is 5.60 Å². The topological polar surface area (TPSA) is 109 Å². The zero-order valence-corrected chi connectivity index (χ0v) is 22.4. The van der Waals surface area contributed by atoms with Gasteiger partial charge in [0.15, 0.2) is 5.82 Å². The third kappa shape index (κ3) is 6.44. The Morgan fingerprint density at radius 3 is 2.39 bits per heavy atom. The lowest BCUT2D eigenvalue weighted by Crippen LogP contribution is -2.57. The smallest absolute Gasteiger partial charge is 0.410 e. The summed E-state index contributed by atoms with van der Waals surface area (Å²) in [6, 6.07) is 0.193. The molecule has 10 heteroatoms. The predicted octanol–water partition coefficient (Wildman–Crippen LogP) is 4.34. The second-order valence-electron chi connectivity index (χ2n) is 11.4. The number of rotatable bonds is 4. The van der Waals surface area contributed by atoms with Crippen LogP contribution in [0.4, 0.5) is 21.1 Å². The summed E-state index contributed by atoms with van der Waals surface area (Å²) >= 11 is 0. The number of aryl methyl sites for hydroxylation is 2. The summed E-state index contributed by atoms with van der Waals surface area (Å²) in [5.74, 6) is 2.51. The molecule has 4 heterocycles. The Bertz CT molecular complexity index is 991. The molecular formula is C26H40N6O4. The second kappa shape index (κ2) is 10.6. The number of nitrogens with one attached hydrogen (secondary N) is 1. The molecule has 2 fully saturated rings. The third-order valence-electron chi connectivity index (χ3n) is 6.90. The van der Waals surface area contributed by atoms with Crippen molar-refractivity contribution in [1.82, 2.24) is 19.8 Å². The molecule has 1 N–H and O–H groups in total. The van der Waals surface area contributed by atoms with E-state index in [1.165, 1.54) is 0 Å². The van der Waals surface area contributed by atoms with E-state index in [2.05, 4.69) is 35.3 Å². The van der Waals surface area contributed by atoms with Gasteiger partial charge >= 0.3 is 12.2 Å². The van der Waals surface area contributed by atoms with Crippen molar-refractivity contribution in [3.63, 3.8) is 0 Å². The number of amides is 2. The first-order valence-corrected chi connectivity index (χ1v) is 13.1. The number of piperidine rings is 1. The molecule has 3 aliphatic heterocycles. The summed E-state index contributed by atoms with van der Waals surface area (Å²) in [7, 11) is 0. The number of fused-ring (bicyclic) bond motifs is 1. The maximum absolute atomic E-state index is 12.6. The minimum atomic E-state index is -0.539. The van der Waals surface area contributed by atoms with Crippen LogP contribution in [0.15, 0.2) is 4.99 Å². The molecule has 3 aliphatic rings. The van der Waals surface area contributed by atoms with E-state index in [1.807, 2.05) is 27.7 Å². The minimum Gasteiger partial charge on any atom is -0.444 e. The predicted molar refractivity (Wildman–Crippen MR) is 138 cm³/mol. The minimum absolute atomic E-state index is 0.193. The van der Waals surface area contributed by atoms with Gasteiger partial charge in [-0.1, -0.05) is 13.8 Å². The number of hydrogen-bond donors (Lipinski definition) is 1. The molecule has 1 atom stereocenters. The van der Waals surface area contributed by atoms with Crippen molar-refractivity contribution in [2.24, 2.45) is 16.8 Å². The first-order chi connectivity index (χ1) is 17.0. The molecule has 1 aromatic rings.